The van der Waals surface area contributed by atoms with Crippen molar-refractivity contribution < 1.29 is 0 Å². The van der Waals surface area contributed by atoms with Crippen molar-refractivity contribution in [1.29, 1.82) is 0 Å². The van der Waals surface area contributed by atoms with Gasteiger partial charge < -0.3 is 11.1 Å². The van der Waals surface area contributed by atoms with Crippen molar-refractivity contribution in [3.8, 4) is 0 Å². The van der Waals surface area contributed by atoms with Gasteiger partial charge in [-0.3, -0.25) is 0 Å². The van der Waals surface area contributed by atoms with Crippen LogP contribution in [-0.2, 0) is 0 Å². The number of rotatable bonds is 5. The van der Waals surface area contributed by atoms with Crippen LogP contribution in [0.2, 0.25) is 5.02 Å². The number of nitrogens with two attached hydrogens (primary N) is 1. The second-order valence-electron chi connectivity index (χ2n) is 4.39. The van der Waals surface area contributed by atoms with Crippen molar-refractivity contribution in [3.05, 3.63) is 58.7 Å². The lowest BCUT2D eigenvalue weighted by Gasteiger charge is -2.21. The van der Waals surface area contributed by atoms with Crippen LogP contribution < -0.4 is 11.1 Å². The molecule has 4 heteroatoms. The summed E-state index contributed by atoms with van der Waals surface area (Å²) in [6.45, 7) is 3.02. The molecule has 0 bridgehead atoms. The van der Waals surface area contributed by atoms with Gasteiger partial charge in [0.2, 0.25) is 0 Å². The van der Waals surface area contributed by atoms with E-state index in [2.05, 4.69) is 17.2 Å². The van der Waals surface area contributed by atoms with E-state index in [1.165, 1.54) is 0 Å². The molecule has 0 amide bonds. The number of hydrogen-bond donors (Lipinski definition) is 2. The van der Waals surface area contributed by atoms with Gasteiger partial charge in [0.1, 0.15) is 5.82 Å². The average Bonchev–Trinajstić information content (AvgIpc) is 2.42. The Bertz CT molecular complexity index is 497. The fourth-order valence-corrected chi connectivity index (χ4v) is 2.30. The minimum atomic E-state index is -0.0256. The van der Waals surface area contributed by atoms with Crippen molar-refractivity contribution >= 4 is 17.4 Å². The molecule has 3 N–H and O–H groups in total. The predicted octanol–water partition coefficient (Wildman–Crippen LogP) is 3.41. The Morgan fingerprint density at radius 1 is 1.21 bits per heavy atom. The van der Waals surface area contributed by atoms with Gasteiger partial charge >= 0.3 is 0 Å². The lowest BCUT2D eigenvalue weighted by Crippen LogP contribution is -2.24. The highest BCUT2D eigenvalue weighted by Gasteiger charge is 2.18. The van der Waals surface area contributed by atoms with Crippen LogP contribution in [0.15, 0.2) is 42.6 Å². The van der Waals surface area contributed by atoms with Gasteiger partial charge in [0.15, 0.2) is 0 Å². The molecule has 0 radical (unpaired) electrons. The van der Waals surface area contributed by atoms with Gasteiger partial charge in [0, 0.05) is 16.8 Å². The first-order chi connectivity index (χ1) is 9.24. The van der Waals surface area contributed by atoms with Crippen LogP contribution in [0, 0.1) is 0 Å². The molecule has 1 aromatic heterocycles. The van der Waals surface area contributed by atoms with Crippen LogP contribution in [0.5, 0.6) is 0 Å². The molecule has 0 fully saturated rings. The predicted molar refractivity (Wildman–Crippen MR) is 80.2 cm³/mol. The molecule has 3 nitrogen and oxygen atoms in total. The van der Waals surface area contributed by atoms with Gasteiger partial charge in [-0.25, -0.2) is 4.98 Å². The number of nitrogens with zero attached hydrogens (tertiary/aromatic N) is 1. The zero-order valence-electron chi connectivity index (χ0n) is 10.9. The fraction of sp³-hybridized carbons (Fsp3) is 0.267. The van der Waals surface area contributed by atoms with Crippen molar-refractivity contribution in [1.82, 2.24) is 10.3 Å². The second-order valence-corrected chi connectivity index (χ2v) is 4.79. The van der Waals surface area contributed by atoms with Gasteiger partial charge in [-0.2, -0.15) is 0 Å². The summed E-state index contributed by atoms with van der Waals surface area (Å²) >= 11 is 6.30. The zero-order chi connectivity index (χ0) is 13.7. The quantitative estimate of drug-likeness (QED) is 0.879. The number of benzene rings is 1. The summed E-state index contributed by atoms with van der Waals surface area (Å²) in [5.41, 5.74) is 7.97. The summed E-state index contributed by atoms with van der Waals surface area (Å²) in [6.07, 6.45) is 2.74. The molecule has 1 unspecified atom stereocenters. The van der Waals surface area contributed by atoms with Gasteiger partial charge in [0.05, 0.1) is 6.04 Å². The van der Waals surface area contributed by atoms with Gasteiger partial charge in [-0.05, 0) is 30.7 Å². The summed E-state index contributed by atoms with van der Waals surface area (Å²) < 4.78 is 0. The average molecular weight is 276 g/mol. The number of nitrogen functional groups attached to an aromatic ring is 1. The summed E-state index contributed by atoms with van der Waals surface area (Å²) in [4.78, 5) is 4.16. The molecule has 0 aliphatic heterocycles. The van der Waals surface area contributed by atoms with Gasteiger partial charge in [-0.15, -0.1) is 0 Å². The van der Waals surface area contributed by atoms with Crippen LogP contribution in [0.25, 0.3) is 0 Å². The van der Waals surface area contributed by atoms with Crippen LogP contribution >= 0.6 is 11.6 Å². The van der Waals surface area contributed by atoms with Crippen LogP contribution in [0.4, 0.5) is 5.82 Å². The molecule has 2 aromatic rings. The third kappa shape index (κ3) is 3.25. The molecule has 100 valence electrons. The second kappa shape index (κ2) is 6.55. The minimum Gasteiger partial charge on any atom is -0.383 e. The smallest absolute Gasteiger partial charge is 0.128 e. The lowest BCUT2D eigenvalue weighted by molar-refractivity contribution is 0.599. The topological polar surface area (TPSA) is 50.9 Å². The minimum absolute atomic E-state index is 0.0256. The van der Waals surface area contributed by atoms with E-state index in [0.717, 1.165) is 29.1 Å². The Morgan fingerprint density at radius 2 is 1.95 bits per heavy atom. The molecular weight excluding hydrogens is 258 g/mol. The molecule has 0 saturated heterocycles. The molecule has 1 atom stereocenters. The summed E-state index contributed by atoms with van der Waals surface area (Å²) in [5.74, 6) is 0.538. The maximum absolute atomic E-state index is 6.30. The maximum Gasteiger partial charge on any atom is 0.128 e. The number of nitrogens with one attached hydrogen (secondary N) is 1. The van der Waals surface area contributed by atoms with E-state index in [1.54, 1.807) is 6.20 Å². The highest BCUT2D eigenvalue weighted by atomic mass is 35.5. The highest BCUT2D eigenvalue weighted by Crippen LogP contribution is 2.30. The first-order valence-corrected chi connectivity index (χ1v) is 6.80. The number of pyridine rings is 1. The van der Waals surface area contributed by atoms with Crippen molar-refractivity contribution in [3.63, 3.8) is 0 Å². The molecule has 1 heterocycles. The largest absolute Gasteiger partial charge is 0.383 e. The third-order valence-corrected chi connectivity index (χ3v) is 3.34. The zero-order valence-corrected chi connectivity index (χ0v) is 11.7. The summed E-state index contributed by atoms with van der Waals surface area (Å²) in [5, 5.41) is 4.21. The first kappa shape index (κ1) is 13.8. The lowest BCUT2D eigenvalue weighted by atomic mass is 9.99. The number of hydrogen-bond acceptors (Lipinski definition) is 3. The Labute approximate surface area is 118 Å². The van der Waals surface area contributed by atoms with Crippen LogP contribution in [0.1, 0.15) is 30.5 Å². The monoisotopic (exact) mass is 275 g/mol. The van der Waals surface area contributed by atoms with E-state index in [0.29, 0.717) is 5.82 Å². The Balaban J connectivity index is 2.42. The fourth-order valence-electron chi connectivity index (χ4n) is 2.06. The van der Waals surface area contributed by atoms with E-state index >= 15 is 0 Å². The molecule has 1 aromatic carbocycles. The number of anilines is 1. The molecule has 0 aliphatic carbocycles. The molecule has 0 saturated carbocycles. The first-order valence-electron chi connectivity index (χ1n) is 6.42. The van der Waals surface area contributed by atoms with Crippen molar-refractivity contribution in [2.24, 2.45) is 0 Å². The normalized spacial score (nSPS) is 12.3. The SMILES string of the molecule is CCCNC(c1ccccc1Cl)c1cccnc1N. The van der Waals surface area contributed by atoms with E-state index in [4.69, 9.17) is 17.3 Å². The van der Waals surface area contributed by atoms with E-state index in [1.807, 2.05) is 36.4 Å². The molecular formula is C15H18ClN3. The molecule has 19 heavy (non-hydrogen) atoms. The highest BCUT2D eigenvalue weighted by molar-refractivity contribution is 6.31. The Morgan fingerprint density at radius 3 is 2.63 bits per heavy atom. The van der Waals surface area contributed by atoms with Crippen molar-refractivity contribution in [2.45, 2.75) is 19.4 Å². The number of halogens is 1. The third-order valence-electron chi connectivity index (χ3n) is 3.00. The molecule has 0 aliphatic rings. The van der Waals surface area contributed by atoms with Gasteiger partial charge in [-0.1, -0.05) is 42.8 Å². The van der Waals surface area contributed by atoms with Gasteiger partial charge in [0.25, 0.3) is 0 Å². The van der Waals surface area contributed by atoms with Crippen LogP contribution in [0.3, 0.4) is 0 Å². The summed E-state index contributed by atoms with van der Waals surface area (Å²) in [7, 11) is 0. The Hall–Kier alpha value is -1.58. The summed E-state index contributed by atoms with van der Waals surface area (Å²) in [6, 6.07) is 11.7. The van der Waals surface area contributed by atoms with Crippen molar-refractivity contribution in [2.75, 3.05) is 12.3 Å². The van der Waals surface area contributed by atoms with E-state index < -0.39 is 0 Å². The standard InChI is InChI=1S/C15H18ClN3/c1-2-9-18-14(11-6-3-4-8-13(11)16)12-7-5-10-19-15(12)17/h3-8,10,14,18H,2,9H2,1H3,(H2,17,19). The number of aromatic nitrogens is 1. The molecule has 2 rings (SSSR count). The Kier molecular flexibility index (Phi) is 4.77. The maximum atomic E-state index is 6.30. The van der Waals surface area contributed by atoms with E-state index in [-0.39, 0.29) is 6.04 Å². The van der Waals surface area contributed by atoms with Crippen LogP contribution in [-0.4, -0.2) is 11.5 Å². The molecule has 0 spiro atoms. The van der Waals surface area contributed by atoms with E-state index in [9.17, 15) is 0 Å².